The number of carbonyl (C=O) groups excluding carboxylic acids is 1. The second-order valence-corrected chi connectivity index (χ2v) is 3.48. The molecule has 0 amide bonds. The Labute approximate surface area is 92.0 Å². The minimum absolute atomic E-state index is 0.223. The van der Waals surface area contributed by atoms with Crippen LogP contribution in [-0.2, 0) is 0 Å². The molecule has 0 aliphatic carbocycles. The number of rotatable bonds is 2. The van der Waals surface area contributed by atoms with Crippen LogP contribution in [0.25, 0.3) is 11.3 Å². The van der Waals surface area contributed by atoms with Gasteiger partial charge in [0.2, 0.25) is 0 Å². The fourth-order valence-electron chi connectivity index (χ4n) is 1.42. The Kier molecular flexibility index (Phi) is 2.64. The van der Waals surface area contributed by atoms with Crippen molar-refractivity contribution in [2.24, 2.45) is 0 Å². The topological polar surface area (TPSA) is 62.8 Å². The van der Waals surface area contributed by atoms with Gasteiger partial charge in [-0.05, 0) is 6.92 Å². The molecule has 1 heterocycles. The summed E-state index contributed by atoms with van der Waals surface area (Å²) in [6.07, 6.45) is 2.36. The van der Waals surface area contributed by atoms with Crippen LogP contribution in [-0.4, -0.2) is 16.3 Å². The van der Waals surface area contributed by atoms with Crippen LogP contribution in [0.15, 0.2) is 35.3 Å². The number of aldehydes is 1. The molecule has 16 heavy (non-hydrogen) atoms. The van der Waals surface area contributed by atoms with E-state index in [1.807, 2.05) is 0 Å². The van der Waals surface area contributed by atoms with Gasteiger partial charge in [-0.2, -0.15) is 0 Å². The minimum Gasteiger partial charge on any atom is -0.323 e. The number of benzene rings is 1. The molecule has 1 N–H and O–H groups in total. The largest absolute Gasteiger partial charge is 0.323 e. The molecule has 0 atom stereocenters. The molecular weight excluding hydrogens is 204 g/mol. The Morgan fingerprint density at radius 1 is 1.25 bits per heavy atom. The maximum absolute atomic E-state index is 11.6. The van der Waals surface area contributed by atoms with Crippen molar-refractivity contribution < 1.29 is 4.79 Å². The van der Waals surface area contributed by atoms with Crippen molar-refractivity contribution in [3.63, 3.8) is 0 Å². The summed E-state index contributed by atoms with van der Waals surface area (Å²) in [5, 5.41) is 0. The normalized spacial score (nSPS) is 10.1. The van der Waals surface area contributed by atoms with E-state index in [4.69, 9.17) is 0 Å². The van der Waals surface area contributed by atoms with E-state index < -0.39 is 0 Å². The zero-order valence-electron chi connectivity index (χ0n) is 8.73. The average Bonchev–Trinajstić information content (AvgIpc) is 2.29. The molecule has 4 nitrogen and oxygen atoms in total. The summed E-state index contributed by atoms with van der Waals surface area (Å²) in [6, 6.07) is 6.72. The number of aromatic amines is 1. The van der Waals surface area contributed by atoms with E-state index in [0.29, 0.717) is 16.8 Å². The van der Waals surface area contributed by atoms with Crippen LogP contribution < -0.4 is 5.56 Å². The maximum Gasteiger partial charge on any atom is 0.274 e. The second kappa shape index (κ2) is 4.10. The Hall–Kier alpha value is -2.23. The fourth-order valence-corrected chi connectivity index (χ4v) is 1.42. The summed E-state index contributed by atoms with van der Waals surface area (Å²) < 4.78 is 0. The van der Waals surface area contributed by atoms with Gasteiger partial charge in [0.1, 0.15) is 12.0 Å². The number of nitrogens with one attached hydrogen (secondary N) is 1. The van der Waals surface area contributed by atoms with Crippen LogP contribution in [0.4, 0.5) is 0 Å². The molecule has 0 saturated carbocycles. The lowest BCUT2D eigenvalue weighted by Crippen LogP contribution is -2.11. The van der Waals surface area contributed by atoms with Crippen molar-refractivity contribution in [3.05, 3.63) is 52.1 Å². The third-order valence-corrected chi connectivity index (χ3v) is 2.23. The number of carbonyl (C=O) groups is 1. The van der Waals surface area contributed by atoms with Gasteiger partial charge in [-0.3, -0.25) is 9.59 Å². The second-order valence-electron chi connectivity index (χ2n) is 3.48. The highest BCUT2D eigenvalue weighted by Gasteiger charge is 2.04. The Morgan fingerprint density at radius 3 is 2.50 bits per heavy atom. The first-order valence-corrected chi connectivity index (χ1v) is 4.82. The summed E-state index contributed by atoms with van der Waals surface area (Å²) in [6.45, 7) is 1.77. The van der Waals surface area contributed by atoms with Gasteiger partial charge in [-0.1, -0.05) is 24.3 Å². The van der Waals surface area contributed by atoms with Crippen molar-refractivity contribution in [1.29, 1.82) is 0 Å². The van der Waals surface area contributed by atoms with Crippen LogP contribution in [0.5, 0.6) is 0 Å². The highest BCUT2D eigenvalue weighted by Crippen LogP contribution is 2.12. The number of H-pyrrole nitrogens is 1. The number of hydrogen-bond donors (Lipinski definition) is 1. The maximum atomic E-state index is 11.6. The molecule has 2 rings (SSSR count). The number of hydrogen-bond acceptors (Lipinski definition) is 3. The number of nitrogens with zero attached hydrogens (tertiary/aromatic N) is 1. The lowest BCUT2D eigenvalue weighted by Gasteiger charge is -2.00. The highest BCUT2D eigenvalue weighted by atomic mass is 16.1. The third kappa shape index (κ3) is 1.91. The van der Waals surface area contributed by atoms with E-state index >= 15 is 0 Å². The molecule has 0 unspecified atom stereocenters. The predicted octanol–water partition coefficient (Wildman–Crippen LogP) is 1.56. The molecule has 0 fully saturated rings. The molecule has 2 aromatic rings. The summed E-state index contributed by atoms with van der Waals surface area (Å²) in [5.74, 6) is 0. The van der Waals surface area contributed by atoms with Crippen LogP contribution in [0, 0.1) is 6.92 Å². The zero-order chi connectivity index (χ0) is 11.5. The van der Waals surface area contributed by atoms with Gasteiger partial charge in [0.25, 0.3) is 5.56 Å². The van der Waals surface area contributed by atoms with Crippen molar-refractivity contribution in [3.8, 4) is 11.3 Å². The van der Waals surface area contributed by atoms with Gasteiger partial charge in [-0.25, -0.2) is 4.98 Å². The Balaban J connectivity index is 2.50. The van der Waals surface area contributed by atoms with Crippen molar-refractivity contribution in [2.45, 2.75) is 6.92 Å². The third-order valence-electron chi connectivity index (χ3n) is 2.23. The van der Waals surface area contributed by atoms with E-state index in [1.54, 1.807) is 37.4 Å². The molecule has 0 spiro atoms. The number of aromatic nitrogens is 2. The van der Waals surface area contributed by atoms with Gasteiger partial charge < -0.3 is 4.98 Å². The molecular formula is C12H10N2O2. The van der Waals surface area contributed by atoms with E-state index in [-0.39, 0.29) is 5.56 Å². The molecule has 4 heteroatoms. The quantitative estimate of drug-likeness (QED) is 0.771. The average molecular weight is 214 g/mol. The highest BCUT2D eigenvalue weighted by molar-refractivity contribution is 5.76. The zero-order valence-corrected chi connectivity index (χ0v) is 8.73. The monoisotopic (exact) mass is 214 g/mol. The Bertz CT molecular complexity index is 570. The van der Waals surface area contributed by atoms with Crippen LogP contribution >= 0.6 is 0 Å². The summed E-state index contributed by atoms with van der Waals surface area (Å²) >= 11 is 0. The van der Waals surface area contributed by atoms with Gasteiger partial charge in [0, 0.05) is 23.0 Å². The molecule has 0 bridgehead atoms. The van der Waals surface area contributed by atoms with Gasteiger partial charge in [-0.15, -0.1) is 0 Å². The van der Waals surface area contributed by atoms with Crippen molar-refractivity contribution in [1.82, 2.24) is 9.97 Å². The Morgan fingerprint density at radius 2 is 1.94 bits per heavy atom. The van der Waals surface area contributed by atoms with E-state index in [1.165, 1.54) is 0 Å². The molecule has 80 valence electrons. The van der Waals surface area contributed by atoms with Crippen molar-refractivity contribution in [2.75, 3.05) is 0 Å². The minimum atomic E-state index is -0.223. The SMILES string of the molecule is Cc1cnc(-c2ccc(C=O)cc2)c(=O)[nH]1. The van der Waals surface area contributed by atoms with Gasteiger partial charge in [0.05, 0.1) is 0 Å². The van der Waals surface area contributed by atoms with Crippen LogP contribution in [0.1, 0.15) is 16.1 Å². The summed E-state index contributed by atoms with van der Waals surface area (Å²) in [7, 11) is 0. The molecule has 1 aromatic heterocycles. The smallest absolute Gasteiger partial charge is 0.274 e. The van der Waals surface area contributed by atoms with Gasteiger partial charge >= 0.3 is 0 Å². The van der Waals surface area contributed by atoms with E-state index in [9.17, 15) is 9.59 Å². The van der Waals surface area contributed by atoms with Crippen LogP contribution in [0.2, 0.25) is 0 Å². The molecule has 0 radical (unpaired) electrons. The predicted molar refractivity (Wildman–Crippen MR) is 60.4 cm³/mol. The first kappa shape index (κ1) is 10.3. The first-order valence-electron chi connectivity index (χ1n) is 4.82. The molecule has 0 aliphatic rings. The summed E-state index contributed by atoms with van der Waals surface area (Å²) in [5.41, 5.74) is 2.14. The van der Waals surface area contributed by atoms with E-state index in [2.05, 4.69) is 9.97 Å². The molecule has 0 saturated heterocycles. The fraction of sp³-hybridized carbons (Fsp3) is 0.0833. The lowest BCUT2D eigenvalue weighted by molar-refractivity contribution is 0.112. The summed E-state index contributed by atoms with van der Waals surface area (Å²) in [4.78, 5) is 28.8. The van der Waals surface area contributed by atoms with E-state index in [0.717, 1.165) is 12.0 Å². The van der Waals surface area contributed by atoms with Crippen molar-refractivity contribution >= 4 is 6.29 Å². The number of aryl methyl sites for hydroxylation is 1. The molecule has 1 aromatic carbocycles. The standard InChI is InChI=1S/C12H10N2O2/c1-8-6-13-11(12(16)14-8)10-4-2-9(7-15)3-5-10/h2-7H,1H3,(H,14,16). The lowest BCUT2D eigenvalue weighted by atomic mass is 10.1. The molecule has 0 aliphatic heterocycles. The first-order chi connectivity index (χ1) is 7.70. The van der Waals surface area contributed by atoms with Gasteiger partial charge in [0.15, 0.2) is 0 Å². The van der Waals surface area contributed by atoms with Crippen LogP contribution in [0.3, 0.4) is 0 Å².